The Morgan fingerprint density at radius 2 is 1.88 bits per heavy atom. The maximum Gasteiger partial charge on any atom is 0.277 e. The van der Waals surface area contributed by atoms with E-state index in [1.165, 1.54) is 4.90 Å². The highest BCUT2D eigenvalue weighted by Crippen LogP contribution is 2.36. The molecule has 0 atom stereocenters. The number of morpholine rings is 1. The Hall–Kier alpha value is -1.60. The zero-order valence-electron chi connectivity index (χ0n) is 14.5. The van der Waals surface area contributed by atoms with Crippen LogP contribution in [0.15, 0.2) is 23.9 Å². The van der Waals surface area contributed by atoms with E-state index >= 15 is 0 Å². The van der Waals surface area contributed by atoms with Gasteiger partial charge in [-0.1, -0.05) is 29.3 Å². The van der Waals surface area contributed by atoms with Crippen molar-refractivity contribution in [3.05, 3.63) is 39.5 Å². The summed E-state index contributed by atoms with van der Waals surface area (Å²) in [4.78, 5) is 29.3. The molecular formula is C18H20Cl2N2O4. The normalized spacial score (nSPS) is 18.3. The number of halogens is 2. The van der Waals surface area contributed by atoms with Gasteiger partial charge in [0.2, 0.25) is 0 Å². The Bertz CT molecular complexity index is 745. The topological polar surface area (TPSA) is 59.1 Å². The van der Waals surface area contributed by atoms with Crippen LogP contribution >= 0.6 is 23.2 Å². The van der Waals surface area contributed by atoms with Crippen molar-refractivity contribution < 1.29 is 19.1 Å². The number of amides is 2. The van der Waals surface area contributed by atoms with Crippen molar-refractivity contribution in [2.75, 3.05) is 46.6 Å². The molecule has 0 unspecified atom stereocenters. The van der Waals surface area contributed by atoms with E-state index in [0.717, 1.165) is 0 Å². The Kier molecular flexibility index (Phi) is 6.19. The summed E-state index contributed by atoms with van der Waals surface area (Å²) >= 11 is 12.3. The zero-order chi connectivity index (χ0) is 18.7. The molecule has 1 aromatic rings. The fourth-order valence-electron chi connectivity index (χ4n) is 3.15. The molecule has 2 heterocycles. The highest BCUT2D eigenvalue weighted by atomic mass is 35.5. The second-order valence-corrected chi connectivity index (χ2v) is 6.90. The van der Waals surface area contributed by atoms with Crippen molar-refractivity contribution in [3.63, 3.8) is 0 Å². The van der Waals surface area contributed by atoms with Crippen LogP contribution in [-0.4, -0.2) is 68.2 Å². The van der Waals surface area contributed by atoms with Crippen molar-refractivity contribution in [1.29, 1.82) is 0 Å². The number of carbonyl (C=O) groups excluding carboxylic acids is 2. The Morgan fingerprint density at radius 3 is 2.54 bits per heavy atom. The number of nitrogens with zero attached hydrogens (tertiary/aromatic N) is 2. The zero-order valence-corrected chi connectivity index (χ0v) is 16.0. The summed E-state index contributed by atoms with van der Waals surface area (Å²) in [5.74, 6) is -0.633. The number of benzene rings is 1. The number of ether oxygens (including phenoxy) is 2. The second-order valence-electron chi connectivity index (χ2n) is 6.06. The average molecular weight is 399 g/mol. The van der Waals surface area contributed by atoms with Crippen molar-refractivity contribution in [2.45, 2.75) is 6.42 Å². The van der Waals surface area contributed by atoms with E-state index < -0.39 is 0 Å². The highest BCUT2D eigenvalue weighted by molar-refractivity contribution is 6.41. The first-order valence-electron chi connectivity index (χ1n) is 8.42. The van der Waals surface area contributed by atoms with Crippen molar-refractivity contribution in [3.8, 4) is 0 Å². The summed E-state index contributed by atoms with van der Waals surface area (Å²) < 4.78 is 10.4. The highest BCUT2D eigenvalue weighted by Gasteiger charge is 2.42. The van der Waals surface area contributed by atoms with Crippen molar-refractivity contribution in [2.24, 2.45) is 0 Å². The lowest BCUT2D eigenvalue weighted by atomic mass is 10.0. The van der Waals surface area contributed by atoms with Gasteiger partial charge in [-0.2, -0.15) is 0 Å². The third-order valence-corrected chi connectivity index (χ3v) is 4.95. The molecule has 0 radical (unpaired) electrons. The monoisotopic (exact) mass is 398 g/mol. The number of imide groups is 1. The smallest absolute Gasteiger partial charge is 0.277 e. The van der Waals surface area contributed by atoms with E-state index in [-0.39, 0.29) is 11.8 Å². The molecule has 0 aromatic heterocycles. The Morgan fingerprint density at radius 1 is 1.15 bits per heavy atom. The number of rotatable bonds is 6. The molecule has 1 aromatic carbocycles. The Labute approximate surface area is 162 Å². The van der Waals surface area contributed by atoms with Gasteiger partial charge in [-0.3, -0.25) is 14.5 Å². The van der Waals surface area contributed by atoms with E-state index in [9.17, 15) is 9.59 Å². The number of hydrogen-bond acceptors (Lipinski definition) is 5. The molecule has 2 aliphatic heterocycles. The van der Waals surface area contributed by atoms with Gasteiger partial charge in [-0.15, -0.1) is 0 Å². The molecule has 2 amide bonds. The van der Waals surface area contributed by atoms with Gasteiger partial charge in [0.15, 0.2) is 0 Å². The fraction of sp³-hybridized carbons (Fsp3) is 0.444. The summed E-state index contributed by atoms with van der Waals surface area (Å²) in [7, 11) is 1.59. The van der Waals surface area contributed by atoms with Gasteiger partial charge in [0, 0.05) is 43.9 Å². The maximum absolute atomic E-state index is 13.1. The largest absolute Gasteiger partial charge is 0.385 e. The van der Waals surface area contributed by atoms with Crippen LogP contribution in [0.25, 0.3) is 5.57 Å². The van der Waals surface area contributed by atoms with Crippen molar-refractivity contribution >= 4 is 40.6 Å². The van der Waals surface area contributed by atoms with Crippen LogP contribution in [0.1, 0.15) is 12.0 Å². The number of carbonyl (C=O) groups is 2. The first-order valence-corrected chi connectivity index (χ1v) is 9.17. The minimum atomic E-state index is -0.336. The summed E-state index contributed by atoms with van der Waals surface area (Å²) in [6, 6.07) is 4.93. The molecule has 1 saturated heterocycles. The van der Waals surface area contributed by atoms with Crippen LogP contribution in [0, 0.1) is 0 Å². The van der Waals surface area contributed by atoms with E-state index in [4.69, 9.17) is 32.7 Å². The lowest BCUT2D eigenvalue weighted by Gasteiger charge is -2.29. The van der Waals surface area contributed by atoms with Crippen molar-refractivity contribution in [1.82, 2.24) is 9.80 Å². The molecule has 26 heavy (non-hydrogen) atoms. The van der Waals surface area contributed by atoms with Gasteiger partial charge in [0.05, 0.1) is 23.8 Å². The maximum atomic E-state index is 13.1. The Balaban J connectivity index is 2.02. The molecule has 2 aliphatic rings. The molecular weight excluding hydrogens is 379 g/mol. The standard InChI is InChI=1S/C18H20Cl2N2O4/c1-25-8-2-5-22-17(23)15(13-4-3-12(19)11-14(13)20)16(18(22)24)21-6-9-26-10-7-21/h3-4,11H,2,5-10H2,1H3. The van der Waals surface area contributed by atoms with Gasteiger partial charge >= 0.3 is 0 Å². The third-order valence-electron chi connectivity index (χ3n) is 4.40. The molecule has 1 fully saturated rings. The third kappa shape index (κ3) is 3.74. The number of hydrogen-bond donors (Lipinski definition) is 0. The van der Waals surface area contributed by atoms with E-state index in [0.29, 0.717) is 72.8 Å². The first-order chi connectivity index (χ1) is 12.5. The van der Waals surface area contributed by atoms with Gasteiger partial charge in [-0.25, -0.2) is 0 Å². The molecule has 6 nitrogen and oxygen atoms in total. The van der Waals surface area contributed by atoms with E-state index in [1.807, 2.05) is 4.90 Å². The van der Waals surface area contributed by atoms with Crippen LogP contribution in [0.2, 0.25) is 10.0 Å². The first kappa shape index (κ1) is 19.2. The summed E-state index contributed by atoms with van der Waals surface area (Å²) in [6.07, 6.45) is 0.575. The summed E-state index contributed by atoms with van der Waals surface area (Å²) in [5, 5.41) is 0.819. The van der Waals surface area contributed by atoms with Crippen LogP contribution in [0.5, 0.6) is 0 Å². The van der Waals surface area contributed by atoms with E-state index in [1.54, 1.807) is 25.3 Å². The molecule has 0 saturated carbocycles. The SMILES string of the molecule is COCCCN1C(=O)C(c2ccc(Cl)cc2Cl)=C(N2CCOCC2)C1=O. The predicted molar refractivity (Wildman–Crippen MR) is 99.0 cm³/mol. The molecule has 140 valence electrons. The van der Waals surface area contributed by atoms with Crippen LogP contribution in [-0.2, 0) is 19.1 Å². The molecule has 8 heteroatoms. The van der Waals surface area contributed by atoms with Crippen LogP contribution < -0.4 is 0 Å². The minimum absolute atomic E-state index is 0.297. The number of methoxy groups -OCH3 is 1. The lowest BCUT2D eigenvalue weighted by Crippen LogP contribution is -2.40. The molecule has 3 rings (SSSR count). The van der Waals surface area contributed by atoms with Gasteiger partial charge in [0.1, 0.15) is 5.70 Å². The predicted octanol–water partition coefficient (Wildman–Crippen LogP) is 2.44. The van der Waals surface area contributed by atoms with Gasteiger partial charge < -0.3 is 14.4 Å². The molecule has 0 bridgehead atoms. The molecule has 0 spiro atoms. The quantitative estimate of drug-likeness (QED) is 0.543. The minimum Gasteiger partial charge on any atom is -0.385 e. The molecule has 0 N–H and O–H groups in total. The fourth-order valence-corrected chi connectivity index (χ4v) is 3.65. The molecule has 0 aliphatic carbocycles. The van der Waals surface area contributed by atoms with Gasteiger partial charge in [-0.05, 0) is 18.6 Å². The second kappa shape index (κ2) is 8.39. The summed E-state index contributed by atoms with van der Waals surface area (Å²) in [5.41, 5.74) is 1.24. The van der Waals surface area contributed by atoms with Crippen LogP contribution in [0.3, 0.4) is 0 Å². The van der Waals surface area contributed by atoms with E-state index in [2.05, 4.69) is 0 Å². The van der Waals surface area contributed by atoms with Gasteiger partial charge in [0.25, 0.3) is 11.8 Å². The lowest BCUT2D eigenvalue weighted by molar-refractivity contribution is -0.138. The average Bonchev–Trinajstić information content (AvgIpc) is 2.87. The van der Waals surface area contributed by atoms with Crippen LogP contribution in [0.4, 0.5) is 0 Å². The summed E-state index contributed by atoms with van der Waals surface area (Å²) in [6.45, 7) is 2.89.